The quantitative estimate of drug-likeness (QED) is 0.548. The molecule has 4 nitrogen and oxygen atoms in total. The molecule has 0 saturated heterocycles. The first-order valence-electron chi connectivity index (χ1n) is 8.19. The van der Waals surface area contributed by atoms with Crippen molar-refractivity contribution in [3.05, 3.63) is 65.4 Å². The summed E-state index contributed by atoms with van der Waals surface area (Å²) in [6, 6.07) is 14.7. The topological polar surface area (TPSA) is 65.4 Å². The van der Waals surface area contributed by atoms with Crippen molar-refractivity contribution in [2.45, 2.75) is 6.42 Å². The Hall–Kier alpha value is -2.63. The van der Waals surface area contributed by atoms with Crippen molar-refractivity contribution in [3.8, 4) is 28.1 Å². The van der Waals surface area contributed by atoms with Crippen molar-refractivity contribution < 1.29 is 14.6 Å². The molecule has 0 unspecified atom stereocenters. The molecular weight excluding hydrogens is 355 g/mol. The summed E-state index contributed by atoms with van der Waals surface area (Å²) in [7, 11) is 0. The first-order chi connectivity index (χ1) is 12.6. The van der Waals surface area contributed by atoms with Gasteiger partial charge in [0.1, 0.15) is 17.4 Å². The second kappa shape index (κ2) is 8.17. The zero-order valence-electron chi connectivity index (χ0n) is 13.9. The number of phenolic OH excluding ortho intramolecular Hbond substituents is 1. The van der Waals surface area contributed by atoms with E-state index >= 15 is 0 Å². The highest BCUT2D eigenvalue weighted by Gasteiger charge is 2.14. The van der Waals surface area contributed by atoms with Crippen molar-refractivity contribution in [2.24, 2.45) is 0 Å². The number of hydrogen-bond donors (Lipinski definition) is 3. The van der Waals surface area contributed by atoms with Crippen molar-refractivity contribution in [3.63, 3.8) is 0 Å². The Morgan fingerprint density at radius 3 is 2.62 bits per heavy atom. The molecule has 0 aliphatic heterocycles. The summed E-state index contributed by atoms with van der Waals surface area (Å²) >= 11 is 6.21. The summed E-state index contributed by atoms with van der Waals surface area (Å²) in [6.45, 7) is 0.566. The van der Waals surface area contributed by atoms with Gasteiger partial charge < -0.3 is 15.5 Å². The smallest absolute Gasteiger partial charge is 0.132 e. The van der Waals surface area contributed by atoms with Crippen LogP contribution in [-0.4, -0.2) is 28.3 Å². The first-order valence-corrected chi connectivity index (χ1v) is 8.57. The maximum Gasteiger partial charge on any atom is 0.132 e. The number of benzene rings is 2. The van der Waals surface area contributed by atoms with Crippen LogP contribution in [0.25, 0.3) is 22.4 Å². The number of halogens is 2. The predicted molar refractivity (Wildman–Crippen MR) is 102 cm³/mol. The highest BCUT2D eigenvalue weighted by atomic mass is 35.5. The number of aliphatic hydroxyl groups is 1. The summed E-state index contributed by atoms with van der Waals surface area (Å²) in [6.07, 6.45) is 0.554. The second-order valence-corrected chi connectivity index (χ2v) is 6.15. The molecule has 3 rings (SSSR count). The van der Waals surface area contributed by atoms with Gasteiger partial charge in [0.15, 0.2) is 0 Å². The lowest BCUT2D eigenvalue weighted by molar-refractivity contribution is 0.292. The van der Waals surface area contributed by atoms with Gasteiger partial charge in [0.2, 0.25) is 0 Å². The fourth-order valence-electron chi connectivity index (χ4n) is 2.66. The van der Waals surface area contributed by atoms with E-state index in [0.717, 1.165) is 0 Å². The number of aromatic hydroxyl groups is 1. The average molecular weight is 373 g/mol. The molecule has 0 spiro atoms. The van der Waals surface area contributed by atoms with Crippen LogP contribution in [0.1, 0.15) is 6.42 Å². The third-order valence-electron chi connectivity index (χ3n) is 3.90. The van der Waals surface area contributed by atoms with Crippen LogP contribution in [0.4, 0.5) is 10.2 Å². The summed E-state index contributed by atoms with van der Waals surface area (Å²) in [4.78, 5) is 4.50. The second-order valence-electron chi connectivity index (χ2n) is 5.74. The molecule has 6 heteroatoms. The number of aromatic nitrogens is 1. The Morgan fingerprint density at radius 2 is 1.88 bits per heavy atom. The molecule has 0 fully saturated rings. The molecule has 0 bridgehead atoms. The van der Waals surface area contributed by atoms with Crippen LogP contribution in [0, 0.1) is 5.82 Å². The number of aliphatic hydroxyl groups excluding tert-OH is 1. The molecular formula is C20H18ClFN2O2. The van der Waals surface area contributed by atoms with Crippen LogP contribution in [0.15, 0.2) is 54.6 Å². The highest BCUT2D eigenvalue weighted by molar-refractivity contribution is 6.33. The number of nitrogens with zero attached hydrogens (tertiary/aromatic N) is 1. The Morgan fingerprint density at radius 1 is 1.08 bits per heavy atom. The van der Waals surface area contributed by atoms with E-state index in [1.807, 2.05) is 0 Å². The van der Waals surface area contributed by atoms with E-state index in [0.29, 0.717) is 40.6 Å². The Balaban J connectivity index is 2.13. The summed E-state index contributed by atoms with van der Waals surface area (Å²) in [5, 5.41) is 22.5. The monoisotopic (exact) mass is 372 g/mol. The number of nitrogens with one attached hydrogen (secondary N) is 1. The molecule has 0 radical (unpaired) electrons. The zero-order valence-corrected chi connectivity index (χ0v) is 14.7. The minimum atomic E-state index is -0.437. The van der Waals surface area contributed by atoms with Gasteiger partial charge in [-0.1, -0.05) is 29.8 Å². The molecule has 3 aromatic rings. The molecule has 0 aliphatic carbocycles. The van der Waals surface area contributed by atoms with Crippen LogP contribution in [0.5, 0.6) is 5.75 Å². The molecule has 0 aliphatic rings. The number of para-hydroxylation sites is 1. The lowest BCUT2D eigenvalue weighted by atomic mass is 10.0. The number of phenols is 1. The number of rotatable bonds is 6. The van der Waals surface area contributed by atoms with Crippen molar-refractivity contribution in [1.82, 2.24) is 4.98 Å². The Bertz CT molecular complexity index is 898. The first kappa shape index (κ1) is 18.2. The van der Waals surface area contributed by atoms with Gasteiger partial charge >= 0.3 is 0 Å². The third-order valence-corrected chi connectivity index (χ3v) is 4.21. The molecule has 2 aromatic carbocycles. The molecule has 0 atom stereocenters. The maximum atomic E-state index is 14.4. The zero-order chi connectivity index (χ0) is 18.5. The largest absolute Gasteiger partial charge is 0.507 e. The van der Waals surface area contributed by atoms with Gasteiger partial charge in [-0.05, 0) is 48.4 Å². The summed E-state index contributed by atoms with van der Waals surface area (Å²) in [5.74, 6) is 0.153. The molecule has 26 heavy (non-hydrogen) atoms. The van der Waals surface area contributed by atoms with Crippen LogP contribution >= 0.6 is 11.6 Å². The van der Waals surface area contributed by atoms with Gasteiger partial charge in [0.05, 0.1) is 10.7 Å². The number of pyridine rings is 1. The molecule has 1 aromatic heterocycles. The van der Waals surface area contributed by atoms with Crippen molar-refractivity contribution in [1.29, 1.82) is 0 Å². The Kier molecular flexibility index (Phi) is 5.71. The van der Waals surface area contributed by atoms with Crippen LogP contribution in [0.3, 0.4) is 0 Å². The fourth-order valence-corrected chi connectivity index (χ4v) is 2.93. The predicted octanol–water partition coefficient (Wildman–Crippen LogP) is 4.71. The van der Waals surface area contributed by atoms with Gasteiger partial charge in [0.25, 0.3) is 0 Å². The lowest BCUT2D eigenvalue weighted by Crippen LogP contribution is -2.06. The summed E-state index contributed by atoms with van der Waals surface area (Å²) in [5.41, 5.74) is 1.85. The Labute approximate surface area is 155 Å². The van der Waals surface area contributed by atoms with Gasteiger partial charge in [-0.3, -0.25) is 0 Å². The van der Waals surface area contributed by atoms with Crippen LogP contribution < -0.4 is 5.32 Å². The SMILES string of the molecule is OCCCNc1cc(-c2c(F)cccc2Cl)cc(-c2ccccc2O)n1. The molecule has 0 saturated carbocycles. The normalized spacial score (nSPS) is 10.7. The minimum Gasteiger partial charge on any atom is -0.507 e. The van der Waals surface area contributed by atoms with E-state index < -0.39 is 5.82 Å². The van der Waals surface area contributed by atoms with E-state index in [-0.39, 0.29) is 17.9 Å². The van der Waals surface area contributed by atoms with Gasteiger partial charge in [0, 0.05) is 24.3 Å². The van der Waals surface area contributed by atoms with Crippen LogP contribution in [-0.2, 0) is 0 Å². The lowest BCUT2D eigenvalue weighted by Gasteiger charge is -2.13. The van der Waals surface area contributed by atoms with E-state index in [9.17, 15) is 9.50 Å². The standard InChI is InChI=1S/C20H18ClFN2O2/c21-15-6-3-7-16(22)20(15)13-11-17(14-5-1-2-8-18(14)26)24-19(12-13)23-9-4-10-25/h1-3,5-8,11-12,25-26H,4,9-10H2,(H,23,24). The fraction of sp³-hybridized carbons (Fsp3) is 0.150. The number of anilines is 1. The van der Waals surface area contributed by atoms with Gasteiger partial charge in [-0.2, -0.15) is 0 Å². The van der Waals surface area contributed by atoms with Crippen LogP contribution in [0.2, 0.25) is 5.02 Å². The van der Waals surface area contributed by atoms with Gasteiger partial charge in [-0.25, -0.2) is 9.37 Å². The molecule has 3 N–H and O–H groups in total. The highest BCUT2D eigenvalue weighted by Crippen LogP contribution is 2.36. The van der Waals surface area contributed by atoms with Crippen molar-refractivity contribution >= 4 is 17.4 Å². The van der Waals surface area contributed by atoms with E-state index in [1.54, 1.807) is 48.5 Å². The van der Waals surface area contributed by atoms with Gasteiger partial charge in [-0.15, -0.1) is 0 Å². The van der Waals surface area contributed by atoms with Crippen molar-refractivity contribution in [2.75, 3.05) is 18.5 Å². The van der Waals surface area contributed by atoms with E-state index in [2.05, 4.69) is 10.3 Å². The summed E-state index contributed by atoms with van der Waals surface area (Å²) < 4.78 is 14.4. The van der Waals surface area contributed by atoms with E-state index in [4.69, 9.17) is 16.7 Å². The molecule has 134 valence electrons. The average Bonchev–Trinajstić information content (AvgIpc) is 2.62. The minimum absolute atomic E-state index is 0.0537. The van der Waals surface area contributed by atoms with E-state index in [1.165, 1.54) is 6.07 Å². The molecule has 0 amide bonds. The molecule has 1 heterocycles. The number of hydrogen-bond acceptors (Lipinski definition) is 4. The maximum absolute atomic E-state index is 14.4. The third kappa shape index (κ3) is 3.95.